The predicted molar refractivity (Wildman–Crippen MR) is 114 cm³/mol. The summed E-state index contributed by atoms with van der Waals surface area (Å²) in [6.45, 7) is 0. The van der Waals surface area contributed by atoms with Crippen molar-refractivity contribution in [2.24, 2.45) is 0 Å². The molecule has 0 bridgehead atoms. The van der Waals surface area contributed by atoms with E-state index in [1.54, 1.807) is 18.2 Å². The van der Waals surface area contributed by atoms with Crippen LogP contribution in [0.4, 0.5) is 5.69 Å². The van der Waals surface area contributed by atoms with Crippen molar-refractivity contribution in [3.05, 3.63) is 65.7 Å². The van der Waals surface area contributed by atoms with Gasteiger partial charge in [0.15, 0.2) is 0 Å². The lowest BCUT2D eigenvalue weighted by atomic mass is 10.1. The molecule has 2 aliphatic carbocycles. The molecule has 2 fully saturated rings. The van der Waals surface area contributed by atoms with Crippen molar-refractivity contribution in [1.29, 1.82) is 0 Å². The Hall–Kier alpha value is -3.08. The zero-order valence-electron chi connectivity index (χ0n) is 16.4. The van der Waals surface area contributed by atoms with Crippen LogP contribution in [0.2, 0.25) is 0 Å². The monoisotopic (exact) mass is 390 g/mol. The van der Waals surface area contributed by atoms with Gasteiger partial charge in [-0.3, -0.25) is 9.59 Å². The normalized spacial score (nSPS) is 16.7. The second kappa shape index (κ2) is 8.95. The van der Waals surface area contributed by atoms with Gasteiger partial charge in [-0.2, -0.15) is 0 Å². The number of benzene rings is 2. The van der Waals surface area contributed by atoms with Crippen molar-refractivity contribution in [2.75, 3.05) is 5.32 Å². The molecule has 0 heterocycles. The smallest absolute Gasteiger partial charge is 0.251 e. The fourth-order valence-electron chi connectivity index (χ4n) is 3.44. The lowest BCUT2D eigenvalue weighted by Gasteiger charge is -2.13. The highest BCUT2D eigenvalue weighted by Crippen LogP contribution is 2.25. The Balaban J connectivity index is 1.30. The maximum atomic E-state index is 12.2. The zero-order valence-corrected chi connectivity index (χ0v) is 16.4. The third-order valence-electron chi connectivity index (χ3n) is 5.22. The highest BCUT2D eigenvalue weighted by Gasteiger charge is 2.23. The Morgan fingerprint density at radius 1 is 0.966 bits per heavy atom. The SMILES string of the molecule is O=C(/C=C/c1ccc(C(=O)NC2CC2)cc1)Nc1cccc(OC2CCCC2)c1. The summed E-state index contributed by atoms with van der Waals surface area (Å²) in [6.07, 6.45) is 10.3. The van der Waals surface area contributed by atoms with Crippen molar-refractivity contribution in [3.63, 3.8) is 0 Å². The van der Waals surface area contributed by atoms with Gasteiger partial charge < -0.3 is 15.4 Å². The van der Waals surface area contributed by atoms with Gasteiger partial charge in [-0.05, 0) is 74.4 Å². The molecule has 2 aromatic carbocycles. The maximum absolute atomic E-state index is 12.2. The topological polar surface area (TPSA) is 67.4 Å². The number of rotatable bonds is 7. The number of anilines is 1. The molecule has 2 aromatic rings. The average Bonchev–Trinajstić information content (AvgIpc) is 3.39. The second-order valence-electron chi connectivity index (χ2n) is 7.74. The first-order valence-corrected chi connectivity index (χ1v) is 10.3. The van der Waals surface area contributed by atoms with Crippen LogP contribution in [0.3, 0.4) is 0 Å². The van der Waals surface area contributed by atoms with Crippen molar-refractivity contribution in [1.82, 2.24) is 5.32 Å². The summed E-state index contributed by atoms with van der Waals surface area (Å²) in [6, 6.07) is 15.1. The van der Waals surface area contributed by atoms with Crippen LogP contribution in [-0.4, -0.2) is 24.0 Å². The summed E-state index contributed by atoms with van der Waals surface area (Å²) in [5.74, 6) is 0.540. The van der Waals surface area contributed by atoms with Crippen molar-refractivity contribution in [3.8, 4) is 5.75 Å². The minimum Gasteiger partial charge on any atom is -0.490 e. The van der Waals surface area contributed by atoms with Crippen LogP contribution >= 0.6 is 0 Å². The summed E-state index contributed by atoms with van der Waals surface area (Å²) >= 11 is 0. The van der Waals surface area contributed by atoms with E-state index in [1.165, 1.54) is 18.9 Å². The molecular weight excluding hydrogens is 364 g/mol. The molecule has 0 radical (unpaired) electrons. The molecule has 0 atom stereocenters. The summed E-state index contributed by atoms with van der Waals surface area (Å²) < 4.78 is 5.98. The summed E-state index contributed by atoms with van der Waals surface area (Å²) in [5.41, 5.74) is 2.21. The van der Waals surface area contributed by atoms with Gasteiger partial charge in [0, 0.05) is 29.4 Å². The molecule has 2 saturated carbocycles. The lowest BCUT2D eigenvalue weighted by Crippen LogP contribution is -2.25. The van der Waals surface area contributed by atoms with Crippen LogP contribution in [0.5, 0.6) is 5.75 Å². The summed E-state index contributed by atoms with van der Waals surface area (Å²) in [4.78, 5) is 24.3. The minimum absolute atomic E-state index is 0.0412. The quantitative estimate of drug-likeness (QED) is 0.682. The van der Waals surface area contributed by atoms with Gasteiger partial charge in [-0.1, -0.05) is 18.2 Å². The predicted octanol–water partition coefficient (Wildman–Crippen LogP) is 4.55. The minimum atomic E-state index is -0.210. The fraction of sp³-hybridized carbons (Fsp3) is 0.333. The Kier molecular flexibility index (Phi) is 5.94. The van der Waals surface area contributed by atoms with E-state index in [0.717, 1.165) is 37.0 Å². The number of carbonyl (C=O) groups excluding carboxylic acids is 2. The van der Waals surface area contributed by atoms with E-state index in [-0.39, 0.29) is 17.9 Å². The van der Waals surface area contributed by atoms with Gasteiger partial charge in [0.05, 0.1) is 6.10 Å². The lowest BCUT2D eigenvalue weighted by molar-refractivity contribution is -0.111. The van der Waals surface area contributed by atoms with E-state index in [1.807, 2.05) is 36.4 Å². The first kappa shape index (κ1) is 19.2. The molecule has 150 valence electrons. The van der Waals surface area contributed by atoms with Gasteiger partial charge in [0.1, 0.15) is 5.75 Å². The van der Waals surface area contributed by atoms with Crippen LogP contribution in [-0.2, 0) is 4.79 Å². The molecule has 4 rings (SSSR count). The molecule has 0 spiro atoms. The van der Waals surface area contributed by atoms with E-state index in [0.29, 0.717) is 17.3 Å². The zero-order chi connectivity index (χ0) is 20.1. The standard InChI is InChI=1S/C24H26N2O3/c27-23(25-20-4-3-7-22(16-20)29-21-5-1-2-6-21)15-10-17-8-11-18(12-9-17)24(28)26-19-13-14-19/h3-4,7-12,15-16,19,21H,1-2,5-6,13-14H2,(H,25,27)(H,26,28)/b15-10+. The van der Waals surface area contributed by atoms with Crippen LogP contribution < -0.4 is 15.4 Å². The van der Waals surface area contributed by atoms with Gasteiger partial charge in [0.25, 0.3) is 5.91 Å². The van der Waals surface area contributed by atoms with E-state index >= 15 is 0 Å². The van der Waals surface area contributed by atoms with Crippen LogP contribution in [0.25, 0.3) is 6.08 Å². The fourth-order valence-corrected chi connectivity index (χ4v) is 3.44. The number of carbonyl (C=O) groups is 2. The third kappa shape index (κ3) is 5.70. The second-order valence-corrected chi connectivity index (χ2v) is 7.74. The van der Waals surface area contributed by atoms with Crippen molar-refractivity contribution < 1.29 is 14.3 Å². The highest BCUT2D eigenvalue weighted by atomic mass is 16.5. The summed E-state index contributed by atoms with van der Waals surface area (Å²) in [5, 5.41) is 5.83. The molecule has 0 saturated heterocycles. The Morgan fingerprint density at radius 2 is 1.72 bits per heavy atom. The molecule has 2 N–H and O–H groups in total. The molecule has 29 heavy (non-hydrogen) atoms. The molecule has 0 aliphatic heterocycles. The molecule has 5 heteroatoms. The van der Waals surface area contributed by atoms with Crippen LogP contribution in [0, 0.1) is 0 Å². The molecule has 0 aromatic heterocycles. The van der Waals surface area contributed by atoms with Gasteiger partial charge >= 0.3 is 0 Å². The van der Waals surface area contributed by atoms with Crippen molar-refractivity contribution >= 4 is 23.6 Å². The van der Waals surface area contributed by atoms with Gasteiger partial charge in [-0.15, -0.1) is 0 Å². The molecule has 5 nitrogen and oxygen atoms in total. The number of ether oxygens (including phenoxy) is 1. The first-order chi connectivity index (χ1) is 14.2. The van der Waals surface area contributed by atoms with Crippen LogP contribution in [0.15, 0.2) is 54.6 Å². The molecule has 2 aliphatic rings. The van der Waals surface area contributed by atoms with E-state index in [4.69, 9.17) is 4.74 Å². The van der Waals surface area contributed by atoms with E-state index in [9.17, 15) is 9.59 Å². The Morgan fingerprint density at radius 3 is 2.45 bits per heavy atom. The number of hydrogen-bond donors (Lipinski definition) is 2. The third-order valence-corrected chi connectivity index (χ3v) is 5.22. The molecule has 2 amide bonds. The van der Waals surface area contributed by atoms with Gasteiger partial charge in [0.2, 0.25) is 5.91 Å². The maximum Gasteiger partial charge on any atom is 0.251 e. The van der Waals surface area contributed by atoms with E-state index < -0.39 is 0 Å². The van der Waals surface area contributed by atoms with Crippen molar-refractivity contribution in [2.45, 2.75) is 50.7 Å². The number of hydrogen-bond acceptors (Lipinski definition) is 3. The summed E-state index contributed by atoms with van der Waals surface area (Å²) in [7, 11) is 0. The number of amides is 2. The van der Waals surface area contributed by atoms with Crippen LogP contribution in [0.1, 0.15) is 54.4 Å². The first-order valence-electron chi connectivity index (χ1n) is 10.3. The molecule has 0 unspecified atom stereocenters. The number of nitrogens with one attached hydrogen (secondary N) is 2. The Bertz CT molecular complexity index is 895. The highest BCUT2D eigenvalue weighted by molar-refractivity contribution is 6.02. The Labute approximate surface area is 171 Å². The average molecular weight is 390 g/mol. The van der Waals surface area contributed by atoms with E-state index in [2.05, 4.69) is 10.6 Å². The molecular formula is C24H26N2O3. The van der Waals surface area contributed by atoms with Gasteiger partial charge in [-0.25, -0.2) is 0 Å². The largest absolute Gasteiger partial charge is 0.490 e.